The molecular weight excluding hydrogens is 268 g/mol. The monoisotopic (exact) mass is 302 g/mol. The van der Waals surface area contributed by atoms with E-state index in [1.54, 1.807) is 5.57 Å². The van der Waals surface area contributed by atoms with Crippen molar-refractivity contribution in [1.29, 1.82) is 0 Å². The van der Waals surface area contributed by atoms with E-state index in [2.05, 4.69) is 27.4 Å². The van der Waals surface area contributed by atoms with Crippen molar-refractivity contribution in [2.24, 2.45) is 34.5 Å². The molecule has 124 valence electrons. The summed E-state index contributed by atoms with van der Waals surface area (Å²) >= 11 is 0. The van der Waals surface area contributed by atoms with Crippen LogP contribution in [0.15, 0.2) is 12.2 Å². The number of fused-ring (bicyclic) bond motifs is 5. The summed E-state index contributed by atoms with van der Waals surface area (Å²) < 4.78 is 0. The van der Waals surface area contributed by atoms with Crippen molar-refractivity contribution in [3.8, 4) is 0 Å². The highest BCUT2D eigenvalue weighted by Gasteiger charge is 2.59. The molecule has 4 rings (SSSR count). The zero-order chi connectivity index (χ0) is 15.8. The first-order chi connectivity index (χ1) is 10.3. The molecule has 0 bridgehead atoms. The summed E-state index contributed by atoms with van der Waals surface area (Å²) in [5, 5.41) is 10.5. The van der Waals surface area contributed by atoms with Crippen molar-refractivity contribution in [3.63, 3.8) is 0 Å². The Morgan fingerprint density at radius 3 is 2.50 bits per heavy atom. The van der Waals surface area contributed by atoms with Gasteiger partial charge in [0.1, 0.15) is 0 Å². The molecular formula is C21H34O. The molecule has 22 heavy (non-hydrogen) atoms. The number of hydrogen-bond acceptors (Lipinski definition) is 1. The van der Waals surface area contributed by atoms with Crippen molar-refractivity contribution < 1.29 is 5.11 Å². The molecule has 0 radical (unpaired) electrons. The predicted octanol–water partition coefficient (Wildman–Crippen LogP) is 5.34. The second kappa shape index (κ2) is 4.62. The Morgan fingerprint density at radius 1 is 0.955 bits per heavy atom. The van der Waals surface area contributed by atoms with E-state index in [0.717, 1.165) is 36.5 Å². The summed E-state index contributed by atoms with van der Waals surface area (Å²) in [6.07, 6.45) is 11.5. The first-order valence-corrected chi connectivity index (χ1v) is 9.67. The van der Waals surface area contributed by atoms with Gasteiger partial charge in [-0.25, -0.2) is 0 Å². The van der Waals surface area contributed by atoms with Crippen molar-refractivity contribution in [2.75, 3.05) is 0 Å². The molecule has 0 aromatic rings. The van der Waals surface area contributed by atoms with Crippen LogP contribution in [-0.4, -0.2) is 10.7 Å². The molecule has 0 heterocycles. The van der Waals surface area contributed by atoms with Gasteiger partial charge in [-0.2, -0.15) is 0 Å². The van der Waals surface area contributed by atoms with E-state index in [0.29, 0.717) is 10.8 Å². The van der Waals surface area contributed by atoms with E-state index in [9.17, 15) is 5.11 Å². The van der Waals surface area contributed by atoms with Crippen LogP contribution in [0.3, 0.4) is 0 Å². The van der Waals surface area contributed by atoms with Gasteiger partial charge in [-0.05, 0) is 99.2 Å². The number of hydrogen-bond donors (Lipinski definition) is 1. The molecule has 0 aliphatic heterocycles. The van der Waals surface area contributed by atoms with E-state index in [1.165, 1.54) is 44.9 Å². The molecule has 4 aliphatic rings. The van der Waals surface area contributed by atoms with E-state index < -0.39 is 5.60 Å². The molecule has 0 aromatic carbocycles. The standard InChI is InChI=1S/C21H34O/c1-14-5-8-17-16-7-6-15-13-19(2,22)11-12-21(15,4)18(16)9-10-20(14,17)3/h15-18,22H,1,5-13H2,2-4H3. The molecule has 0 aromatic heterocycles. The van der Waals surface area contributed by atoms with E-state index >= 15 is 0 Å². The lowest BCUT2D eigenvalue weighted by molar-refractivity contribution is -0.139. The second-order valence-electron chi connectivity index (χ2n) is 9.96. The lowest BCUT2D eigenvalue weighted by Gasteiger charge is -2.61. The molecule has 1 nitrogen and oxygen atoms in total. The molecule has 4 fully saturated rings. The van der Waals surface area contributed by atoms with Gasteiger partial charge in [0.2, 0.25) is 0 Å². The Balaban J connectivity index is 1.63. The molecule has 4 saturated carbocycles. The normalized spacial score (nSPS) is 57.9. The molecule has 1 N–H and O–H groups in total. The average molecular weight is 303 g/mol. The predicted molar refractivity (Wildman–Crippen MR) is 91.5 cm³/mol. The number of allylic oxidation sites excluding steroid dienone is 1. The largest absolute Gasteiger partial charge is 0.390 e. The van der Waals surface area contributed by atoms with Crippen LogP contribution in [0.5, 0.6) is 0 Å². The van der Waals surface area contributed by atoms with Crippen molar-refractivity contribution in [2.45, 2.75) is 84.2 Å². The fraction of sp³-hybridized carbons (Fsp3) is 0.905. The molecule has 4 aliphatic carbocycles. The SMILES string of the molecule is C=C1CCC2C3CCC4CC(C)(O)CCC4(C)C3CCC12C. The van der Waals surface area contributed by atoms with Crippen molar-refractivity contribution in [3.05, 3.63) is 12.2 Å². The Bertz CT molecular complexity index is 492. The Kier molecular flexibility index (Phi) is 3.20. The summed E-state index contributed by atoms with van der Waals surface area (Å²) in [6, 6.07) is 0. The summed E-state index contributed by atoms with van der Waals surface area (Å²) in [4.78, 5) is 0. The van der Waals surface area contributed by atoms with Gasteiger partial charge in [-0.15, -0.1) is 0 Å². The highest BCUT2D eigenvalue weighted by Crippen LogP contribution is 2.67. The summed E-state index contributed by atoms with van der Waals surface area (Å²) in [5.74, 6) is 3.50. The van der Waals surface area contributed by atoms with Gasteiger partial charge in [0.25, 0.3) is 0 Å². The zero-order valence-corrected chi connectivity index (χ0v) is 14.8. The molecule has 0 spiro atoms. The maximum Gasteiger partial charge on any atom is 0.0622 e. The second-order valence-corrected chi connectivity index (χ2v) is 9.96. The van der Waals surface area contributed by atoms with Crippen LogP contribution in [0, 0.1) is 34.5 Å². The van der Waals surface area contributed by atoms with Crippen LogP contribution in [0.1, 0.15) is 78.6 Å². The minimum Gasteiger partial charge on any atom is -0.390 e. The van der Waals surface area contributed by atoms with Gasteiger partial charge in [0, 0.05) is 0 Å². The molecule has 0 saturated heterocycles. The average Bonchev–Trinajstić information content (AvgIpc) is 2.76. The first kappa shape index (κ1) is 15.2. The lowest BCUT2D eigenvalue weighted by atomic mass is 9.44. The Labute approximate surface area is 136 Å². The smallest absolute Gasteiger partial charge is 0.0622 e. The van der Waals surface area contributed by atoms with E-state index in [-0.39, 0.29) is 0 Å². The minimum atomic E-state index is -0.401. The summed E-state index contributed by atoms with van der Waals surface area (Å²) in [5.41, 5.74) is 2.10. The Morgan fingerprint density at radius 2 is 1.73 bits per heavy atom. The van der Waals surface area contributed by atoms with Crippen LogP contribution in [0.25, 0.3) is 0 Å². The van der Waals surface area contributed by atoms with Gasteiger partial charge in [-0.1, -0.05) is 26.0 Å². The van der Waals surface area contributed by atoms with Crippen molar-refractivity contribution in [1.82, 2.24) is 0 Å². The van der Waals surface area contributed by atoms with Crippen LogP contribution < -0.4 is 0 Å². The van der Waals surface area contributed by atoms with Crippen molar-refractivity contribution >= 4 is 0 Å². The quantitative estimate of drug-likeness (QED) is 0.599. The first-order valence-electron chi connectivity index (χ1n) is 9.67. The number of aliphatic hydroxyl groups is 1. The van der Waals surface area contributed by atoms with Gasteiger partial charge in [0.05, 0.1) is 5.60 Å². The third kappa shape index (κ3) is 1.93. The van der Waals surface area contributed by atoms with Crippen LogP contribution in [-0.2, 0) is 0 Å². The third-order valence-electron chi connectivity index (χ3n) is 8.91. The highest BCUT2D eigenvalue weighted by atomic mass is 16.3. The molecule has 7 atom stereocenters. The topological polar surface area (TPSA) is 20.2 Å². The number of rotatable bonds is 0. The van der Waals surface area contributed by atoms with E-state index in [4.69, 9.17) is 0 Å². The maximum atomic E-state index is 10.5. The maximum absolute atomic E-state index is 10.5. The Hall–Kier alpha value is -0.300. The van der Waals surface area contributed by atoms with Gasteiger partial charge >= 0.3 is 0 Å². The zero-order valence-electron chi connectivity index (χ0n) is 14.8. The van der Waals surface area contributed by atoms with Crippen LogP contribution >= 0.6 is 0 Å². The summed E-state index contributed by atoms with van der Waals surface area (Å²) in [6.45, 7) is 11.6. The third-order valence-corrected chi connectivity index (χ3v) is 8.91. The van der Waals surface area contributed by atoms with Gasteiger partial charge in [-0.3, -0.25) is 0 Å². The van der Waals surface area contributed by atoms with Gasteiger partial charge in [0.15, 0.2) is 0 Å². The highest BCUT2D eigenvalue weighted by molar-refractivity contribution is 5.21. The molecule has 7 unspecified atom stereocenters. The summed E-state index contributed by atoms with van der Waals surface area (Å²) in [7, 11) is 0. The fourth-order valence-corrected chi connectivity index (χ4v) is 7.34. The van der Waals surface area contributed by atoms with Crippen LogP contribution in [0.2, 0.25) is 0 Å². The molecule has 1 heteroatoms. The van der Waals surface area contributed by atoms with E-state index in [1.807, 2.05) is 0 Å². The van der Waals surface area contributed by atoms with Gasteiger partial charge < -0.3 is 5.11 Å². The van der Waals surface area contributed by atoms with Crippen LogP contribution in [0.4, 0.5) is 0 Å². The lowest BCUT2D eigenvalue weighted by Crippen LogP contribution is -2.55. The molecule has 0 amide bonds. The minimum absolute atomic E-state index is 0.401. The fourth-order valence-electron chi connectivity index (χ4n) is 7.34.